The molecule has 2 fully saturated rings. The lowest BCUT2D eigenvalue weighted by molar-refractivity contribution is 0.166. The lowest BCUT2D eigenvalue weighted by Gasteiger charge is -2.33. The van der Waals surface area contributed by atoms with Crippen LogP contribution in [0.1, 0.15) is 45.4 Å². The monoisotopic (exact) mass is 238 g/mol. The average Bonchev–Trinajstić information content (AvgIpc) is 2.39. The lowest BCUT2D eigenvalue weighted by Crippen LogP contribution is -2.34. The van der Waals surface area contributed by atoms with Gasteiger partial charge in [0.25, 0.3) is 0 Å². The molecule has 0 radical (unpaired) electrons. The fourth-order valence-electron chi connectivity index (χ4n) is 3.41. The van der Waals surface area contributed by atoms with Crippen molar-refractivity contribution in [2.75, 3.05) is 39.8 Å². The summed E-state index contributed by atoms with van der Waals surface area (Å²) >= 11 is 0. The van der Waals surface area contributed by atoms with Gasteiger partial charge in [0, 0.05) is 0 Å². The van der Waals surface area contributed by atoms with E-state index in [2.05, 4.69) is 23.8 Å². The molecule has 2 heteroatoms. The molecule has 0 aromatic carbocycles. The third-order valence-corrected chi connectivity index (χ3v) is 4.98. The van der Waals surface area contributed by atoms with Crippen molar-refractivity contribution in [2.45, 2.75) is 45.4 Å². The predicted molar refractivity (Wildman–Crippen MR) is 74.3 cm³/mol. The number of hydrogen-bond acceptors (Lipinski definition) is 2. The lowest BCUT2D eigenvalue weighted by atomic mass is 9.85. The van der Waals surface area contributed by atoms with Gasteiger partial charge in [-0.1, -0.05) is 19.8 Å². The van der Waals surface area contributed by atoms with E-state index in [9.17, 15) is 0 Å². The molecule has 100 valence electrons. The quantitative estimate of drug-likeness (QED) is 0.743. The Bertz CT molecular complexity index is 201. The Morgan fingerprint density at radius 2 is 1.29 bits per heavy atom. The van der Waals surface area contributed by atoms with Crippen molar-refractivity contribution < 1.29 is 0 Å². The fourth-order valence-corrected chi connectivity index (χ4v) is 3.41. The van der Waals surface area contributed by atoms with E-state index >= 15 is 0 Å². The highest BCUT2D eigenvalue weighted by atomic mass is 15.1. The zero-order chi connectivity index (χ0) is 12.1. The van der Waals surface area contributed by atoms with Crippen LogP contribution in [0.5, 0.6) is 0 Å². The molecule has 0 bridgehead atoms. The van der Waals surface area contributed by atoms with Crippen LogP contribution in [0, 0.1) is 11.8 Å². The highest BCUT2D eigenvalue weighted by Gasteiger charge is 2.21. The summed E-state index contributed by atoms with van der Waals surface area (Å²) < 4.78 is 0. The first-order chi connectivity index (χ1) is 8.28. The van der Waals surface area contributed by atoms with E-state index in [-0.39, 0.29) is 0 Å². The van der Waals surface area contributed by atoms with Crippen LogP contribution < -0.4 is 0 Å². The van der Waals surface area contributed by atoms with Gasteiger partial charge in [0.2, 0.25) is 0 Å². The maximum Gasteiger partial charge on any atom is -0.00162 e. The molecule has 2 aliphatic heterocycles. The van der Waals surface area contributed by atoms with Crippen molar-refractivity contribution in [1.82, 2.24) is 9.80 Å². The Morgan fingerprint density at radius 1 is 0.824 bits per heavy atom. The number of hydrogen-bond donors (Lipinski definition) is 0. The molecular weight excluding hydrogens is 208 g/mol. The standard InChI is InChI=1S/C15H30N2/c1-3-17-12-8-15(9-13-17)5-4-14-6-10-16(2)11-7-14/h14-15H,3-13H2,1-2H3. The van der Waals surface area contributed by atoms with Gasteiger partial charge in [-0.05, 0) is 77.3 Å². The van der Waals surface area contributed by atoms with Crippen molar-refractivity contribution >= 4 is 0 Å². The first kappa shape index (κ1) is 13.4. The Labute approximate surface area is 107 Å². The Hall–Kier alpha value is -0.0800. The van der Waals surface area contributed by atoms with Crippen LogP contribution in [0.15, 0.2) is 0 Å². The minimum atomic E-state index is 1.04. The van der Waals surface area contributed by atoms with Gasteiger partial charge in [0.1, 0.15) is 0 Å². The molecule has 0 amide bonds. The summed E-state index contributed by atoms with van der Waals surface area (Å²) in [6, 6.07) is 0. The molecule has 2 rings (SSSR count). The van der Waals surface area contributed by atoms with Crippen LogP contribution >= 0.6 is 0 Å². The summed E-state index contributed by atoms with van der Waals surface area (Å²) in [7, 11) is 2.26. The minimum absolute atomic E-state index is 1.04. The maximum atomic E-state index is 2.60. The summed E-state index contributed by atoms with van der Waals surface area (Å²) in [6.07, 6.45) is 8.83. The molecular formula is C15H30N2. The smallest absolute Gasteiger partial charge is 0.00162 e. The molecule has 0 aromatic rings. The highest BCUT2D eigenvalue weighted by molar-refractivity contribution is 4.75. The third kappa shape index (κ3) is 4.26. The molecule has 0 N–H and O–H groups in total. The fraction of sp³-hybridized carbons (Fsp3) is 1.00. The van der Waals surface area contributed by atoms with Crippen LogP contribution in [-0.4, -0.2) is 49.6 Å². The van der Waals surface area contributed by atoms with Crippen LogP contribution in [0.2, 0.25) is 0 Å². The van der Waals surface area contributed by atoms with Gasteiger partial charge in [0.15, 0.2) is 0 Å². The average molecular weight is 238 g/mol. The summed E-state index contributed by atoms with van der Waals surface area (Å²) in [5.41, 5.74) is 0. The molecule has 2 aliphatic rings. The van der Waals surface area contributed by atoms with Gasteiger partial charge >= 0.3 is 0 Å². The van der Waals surface area contributed by atoms with Gasteiger partial charge < -0.3 is 9.80 Å². The molecule has 2 saturated heterocycles. The summed E-state index contributed by atoms with van der Waals surface area (Å²) in [4.78, 5) is 5.09. The van der Waals surface area contributed by atoms with Gasteiger partial charge in [-0.25, -0.2) is 0 Å². The van der Waals surface area contributed by atoms with Crippen LogP contribution in [0.25, 0.3) is 0 Å². The molecule has 2 heterocycles. The summed E-state index contributed by atoms with van der Waals surface area (Å²) in [6.45, 7) is 8.92. The van der Waals surface area contributed by atoms with Crippen molar-refractivity contribution in [2.24, 2.45) is 11.8 Å². The second-order valence-corrected chi connectivity index (χ2v) is 6.20. The highest BCUT2D eigenvalue weighted by Crippen LogP contribution is 2.27. The minimum Gasteiger partial charge on any atom is -0.306 e. The molecule has 17 heavy (non-hydrogen) atoms. The largest absolute Gasteiger partial charge is 0.306 e. The summed E-state index contributed by atoms with van der Waals surface area (Å²) in [5.74, 6) is 2.08. The van der Waals surface area contributed by atoms with E-state index in [1.54, 1.807) is 0 Å². The van der Waals surface area contributed by atoms with Gasteiger partial charge in [-0.3, -0.25) is 0 Å². The zero-order valence-electron chi connectivity index (χ0n) is 11.8. The third-order valence-electron chi connectivity index (χ3n) is 4.98. The van der Waals surface area contributed by atoms with Gasteiger partial charge in [-0.15, -0.1) is 0 Å². The van der Waals surface area contributed by atoms with Crippen molar-refractivity contribution in [1.29, 1.82) is 0 Å². The zero-order valence-corrected chi connectivity index (χ0v) is 11.8. The van der Waals surface area contributed by atoms with E-state index in [1.165, 1.54) is 71.2 Å². The second-order valence-electron chi connectivity index (χ2n) is 6.20. The van der Waals surface area contributed by atoms with Crippen molar-refractivity contribution in [3.05, 3.63) is 0 Å². The van der Waals surface area contributed by atoms with E-state index in [0.717, 1.165) is 11.8 Å². The van der Waals surface area contributed by atoms with Crippen molar-refractivity contribution in [3.63, 3.8) is 0 Å². The molecule has 0 aliphatic carbocycles. The van der Waals surface area contributed by atoms with E-state index < -0.39 is 0 Å². The predicted octanol–water partition coefficient (Wildman–Crippen LogP) is 2.84. The van der Waals surface area contributed by atoms with Crippen LogP contribution in [0.4, 0.5) is 0 Å². The van der Waals surface area contributed by atoms with Crippen LogP contribution in [0.3, 0.4) is 0 Å². The van der Waals surface area contributed by atoms with Crippen LogP contribution in [-0.2, 0) is 0 Å². The van der Waals surface area contributed by atoms with E-state index in [4.69, 9.17) is 0 Å². The molecule has 0 aromatic heterocycles. The number of piperidine rings is 2. The van der Waals surface area contributed by atoms with Crippen molar-refractivity contribution in [3.8, 4) is 0 Å². The molecule has 0 spiro atoms. The summed E-state index contributed by atoms with van der Waals surface area (Å²) in [5, 5.41) is 0. The molecule has 0 unspecified atom stereocenters. The first-order valence-electron chi connectivity index (χ1n) is 7.68. The Balaban J connectivity index is 1.59. The molecule has 2 nitrogen and oxygen atoms in total. The normalized spacial score (nSPS) is 26.5. The first-order valence-corrected chi connectivity index (χ1v) is 7.68. The maximum absolute atomic E-state index is 2.60. The topological polar surface area (TPSA) is 6.48 Å². The Morgan fingerprint density at radius 3 is 1.76 bits per heavy atom. The second kappa shape index (κ2) is 6.75. The SMILES string of the molecule is CCN1CCC(CCC2CCN(C)CC2)CC1. The van der Waals surface area contributed by atoms with E-state index in [0.29, 0.717) is 0 Å². The molecule has 0 atom stereocenters. The van der Waals surface area contributed by atoms with Gasteiger partial charge in [0.05, 0.1) is 0 Å². The molecule has 0 saturated carbocycles. The number of likely N-dealkylation sites (tertiary alicyclic amines) is 2. The number of nitrogens with zero attached hydrogens (tertiary/aromatic N) is 2. The number of rotatable bonds is 4. The Kier molecular flexibility index (Phi) is 5.30. The van der Waals surface area contributed by atoms with E-state index in [1.807, 2.05) is 0 Å². The van der Waals surface area contributed by atoms with Gasteiger partial charge in [-0.2, -0.15) is 0 Å².